The summed E-state index contributed by atoms with van der Waals surface area (Å²) in [5.74, 6) is 0.801. The SMILES string of the molecule is C[C@@H](NCC(O)c1ccc(S(C)(=O)=O)cc1)c1ccco1. The molecular weight excluding hydrogens is 290 g/mol. The average molecular weight is 309 g/mol. The molecule has 0 aliphatic heterocycles. The summed E-state index contributed by atoms with van der Waals surface area (Å²) in [5.41, 5.74) is 0.668. The van der Waals surface area contributed by atoms with E-state index in [4.69, 9.17) is 4.42 Å². The van der Waals surface area contributed by atoms with E-state index < -0.39 is 15.9 Å². The Labute approximate surface area is 124 Å². The number of furan rings is 1. The standard InChI is InChI=1S/C15H19NO4S/c1-11(15-4-3-9-20-15)16-10-14(17)12-5-7-13(8-6-12)21(2,18)19/h3-9,11,14,16-17H,10H2,1-2H3/t11-,14?/m1/s1. The molecule has 2 N–H and O–H groups in total. The summed E-state index contributed by atoms with van der Waals surface area (Å²) in [6.45, 7) is 2.29. The number of aliphatic hydroxyl groups excluding tert-OH is 1. The van der Waals surface area contributed by atoms with Crippen LogP contribution in [0, 0.1) is 0 Å². The van der Waals surface area contributed by atoms with Crippen molar-refractivity contribution in [3.63, 3.8) is 0 Å². The van der Waals surface area contributed by atoms with Crippen molar-refractivity contribution < 1.29 is 17.9 Å². The first-order valence-electron chi connectivity index (χ1n) is 6.63. The van der Waals surface area contributed by atoms with Crippen molar-refractivity contribution in [2.24, 2.45) is 0 Å². The van der Waals surface area contributed by atoms with E-state index in [1.807, 2.05) is 19.1 Å². The zero-order chi connectivity index (χ0) is 15.5. The minimum Gasteiger partial charge on any atom is -0.468 e. The Kier molecular flexibility index (Phi) is 4.82. The lowest BCUT2D eigenvalue weighted by atomic mass is 10.1. The van der Waals surface area contributed by atoms with E-state index in [1.54, 1.807) is 18.4 Å². The number of hydrogen-bond acceptors (Lipinski definition) is 5. The highest BCUT2D eigenvalue weighted by Gasteiger charge is 2.13. The normalized spacial score (nSPS) is 14.8. The molecule has 1 heterocycles. The molecule has 0 aliphatic rings. The molecular formula is C15H19NO4S. The molecule has 0 saturated heterocycles. The van der Waals surface area contributed by atoms with Gasteiger partial charge >= 0.3 is 0 Å². The number of hydrogen-bond donors (Lipinski definition) is 2. The second-order valence-electron chi connectivity index (χ2n) is 5.00. The molecule has 2 rings (SSSR count). The molecule has 0 aliphatic carbocycles. The fourth-order valence-electron chi connectivity index (χ4n) is 1.98. The summed E-state index contributed by atoms with van der Waals surface area (Å²) in [5, 5.41) is 13.3. The van der Waals surface area contributed by atoms with Crippen LogP contribution in [0.15, 0.2) is 52.0 Å². The topological polar surface area (TPSA) is 79.5 Å². The summed E-state index contributed by atoms with van der Waals surface area (Å²) in [6, 6.07) is 9.93. The molecule has 0 amide bonds. The number of benzene rings is 1. The van der Waals surface area contributed by atoms with Gasteiger partial charge in [-0.05, 0) is 36.8 Å². The van der Waals surface area contributed by atoms with Crippen molar-refractivity contribution in [2.75, 3.05) is 12.8 Å². The maximum absolute atomic E-state index is 11.4. The molecule has 6 heteroatoms. The van der Waals surface area contributed by atoms with Crippen LogP contribution in [0.3, 0.4) is 0 Å². The van der Waals surface area contributed by atoms with Gasteiger partial charge < -0.3 is 14.8 Å². The van der Waals surface area contributed by atoms with E-state index in [2.05, 4.69) is 5.32 Å². The number of sulfone groups is 1. The van der Waals surface area contributed by atoms with Crippen molar-refractivity contribution in [3.8, 4) is 0 Å². The van der Waals surface area contributed by atoms with Crippen LogP contribution in [0.5, 0.6) is 0 Å². The Balaban J connectivity index is 1.96. The van der Waals surface area contributed by atoms with Crippen LogP contribution in [-0.4, -0.2) is 26.3 Å². The van der Waals surface area contributed by atoms with Gasteiger partial charge in [-0.2, -0.15) is 0 Å². The molecule has 1 aromatic carbocycles. The van der Waals surface area contributed by atoms with Gasteiger partial charge in [0.05, 0.1) is 23.3 Å². The molecule has 2 aromatic rings. The summed E-state index contributed by atoms with van der Waals surface area (Å²) >= 11 is 0. The third kappa shape index (κ3) is 4.17. The summed E-state index contributed by atoms with van der Waals surface area (Å²) in [7, 11) is -3.21. The van der Waals surface area contributed by atoms with Crippen molar-refractivity contribution in [1.82, 2.24) is 5.32 Å². The first kappa shape index (κ1) is 15.8. The predicted molar refractivity (Wildman–Crippen MR) is 79.6 cm³/mol. The van der Waals surface area contributed by atoms with Crippen LogP contribution >= 0.6 is 0 Å². The second kappa shape index (κ2) is 6.43. The lowest BCUT2D eigenvalue weighted by molar-refractivity contribution is 0.169. The number of aliphatic hydroxyl groups is 1. The predicted octanol–water partition coefficient (Wildman–Crippen LogP) is 2.07. The van der Waals surface area contributed by atoms with Crippen molar-refractivity contribution in [1.29, 1.82) is 0 Å². The molecule has 0 radical (unpaired) electrons. The molecule has 1 aromatic heterocycles. The largest absolute Gasteiger partial charge is 0.468 e. The van der Waals surface area contributed by atoms with E-state index >= 15 is 0 Å². The Morgan fingerprint density at radius 1 is 1.24 bits per heavy atom. The van der Waals surface area contributed by atoms with Gasteiger partial charge in [-0.1, -0.05) is 12.1 Å². The molecule has 0 spiro atoms. The fraction of sp³-hybridized carbons (Fsp3) is 0.333. The first-order chi connectivity index (χ1) is 9.88. The van der Waals surface area contributed by atoms with Gasteiger partial charge in [0.15, 0.2) is 9.84 Å². The molecule has 1 unspecified atom stereocenters. The summed E-state index contributed by atoms with van der Waals surface area (Å²) < 4.78 is 28.0. The van der Waals surface area contributed by atoms with Gasteiger partial charge in [0.25, 0.3) is 0 Å². The minimum atomic E-state index is -3.21. The Morgan fingerprint density at radius 3 is 2.43 bits per heavy atom. The zero-order valence-electron chi connectivity index (χ0n) is 12.0. The summed E-state index contributed by atoms with van der Waals surface area (Å²) in [4.78, 5) is 0.246. The van der Waals surface area contributed by atoms with Crippen molar-refractivity contribution in [3.05, 3.63) is 54.0 Å². The molecule has 0 saturated carbocycles. The van der Waals surface area contributed by atoms with Crippen LogP contribution in [0.25, 0.3) is 0 Å². The smallest absolute Gasteiger partial charge is 0.175 e. The molecule has 114 valence electrons. The van der Waals surface area contributed by atoms with E-state index in [9.17, 15) is 13.5 Å². The number of rotatable bonds is 6. The molecule has 5 nitrogen and oxygen atoms in total. The number of nitrogens with one attached hydrogen (secondary N) is 1. The Bertz CT molecular complexity index is 662. The molecule has 2 atom stereocenters. The van der Waals surface area contributed by atoms with Crippen molar-refractivity contribution >= 4 is 9.84 Å². The molecule has 0 fully saturated rings. The minimum absolute atomic E-state index is 0.00931. The van der Waals surface area contributed by atoms with Crippen molar-refractivity contribution in [2.45, 2.75) is 24.0 Å². The third-order valence-electron chi connectivity index (χ3n) is 3.28. The van der Waals surface area contributed by atoms with E-state index in [0.717, 1.165) is 12.0 Å². The van der Waals surface area contributed by atoms with Crippen LogP contribution < -0.4 is 5.32 Å². The summed E-state index contributed by atoms with van der Waals surface area (Å²) in [6.07, 6.45) is 2.05. The van der Waals surface area contributed by atoms with Crippen LogP contribution in [0.4, 0.5) is 0 Å². The molecule has 0 bridgehead atoms. The van der Waals surface area contributed by atoms with Crippen LogP contribution in [-0.2, 0) is 9.84 Å². The van der Waals surface area contributed by atoms with Crippen LogP contribution in [0.2, 0.25) is 0 Å². The van der Waals surface area contributed by atoms with Gasteiger partial charge in [0.2, 0.25) is 0 Å². The molecule has 21 heavy (non-hydrogen) atoms. The van der Waals surface area contributed by atoms with Gasteiger partial charge in [-0.15, -0.1) is 0 Å². The highest BCUT2D eigenvalue weighted by atomic mass is 32.2. The Hall–Kier alpha value is -1.63. The van der Waals surface area contributed by atoms with Crippen LogP contribution in [0.1, 0.15) is 30.4 Å². The monoisotopic (exact) mass is 309 g/mol. The highest BCUT2D eigenvalue weighted by molar-refractivity contribution is 7.90. The van der Waals surface area contributed by atoms with E-state index in [-0.39, 0.29) is 10.9 Å². The maximum Gasteiger partial charge on any atom is 0.175 e. The van der Waals surface area contributed by atoms with Gasteiger partial charge in [0.1, 0.15) is 5.76 Å². The van der Waals surface area contributed by atoms with E-state index in [1.165, 1.54) is 12.1 Å². The maximum atomic E-state index is 11.4. The quantitative estimate of drug-likeness (QED) is 0.854. The zero-order valence-corrected chi connectivity index (χ0v) is 12.8. The van der Waals surface area contributed by atoms with E-state index in [0.29, 0.717) is 12.1 Å². The van der Waals surface area contributed by atoms with Gasteiger partial charge in [-0.25, -0.2) is 8.42 Å². The highest BCUT2D eigenvalue weighted by Crippen LogP contribution is 2.18. The fourth-order valence-corrected chi connectivity index (χ4v) is 2.61. The first-order valence-corrected chi connectivity index (χ1v) is 8.52. The van der Waals surface area contributed by atoms with Gasteiger partial charge in [0, 0.05) is 12.8 Å². The lowest BCUT2D eigenvalue weighted by Gasteiger charge is -2.16. The van der Waals surface area contributed by atoms with Gasteiger partial charge in [-0.3, -0.25) is 0 Å². The second-order valence-corrected chi connectivity index (χ2v) is 7.02. The Morgan fingerprint density at radius 2 is 1.90 bits per heavy atom. The third-order valence-corrected chi connectivity index (χ3v) is 4.41. The lowest BCUT2D eigenvalue weighted by Crippen LogP contribution is -2.24. The average Bonchev–Trinajstić information content (AvgIpc) is 2.98.